The van der Waals surface area contributed by atoms with Crippen molar-refractivity contribution >= 4 is 33.0 Å². The molecule has 0 atom stereocenters. The van der Waals surface area contributed by atoms with Crippen molar-refractivity contribution in [2.75, 3.05) is 31.6 Å². The lowest BCUT2D eigenvalue weighted by molar-refractivity contribution is -0.118. The molecule has 0 aromatic heterocycles. The minimum absolute atomic E-state index is 0.134. The summed E-state index contributed by atoms with van der Waals surface area (Å²) >= 11 is 5.93. The number of hydrogen-bond donors (Lipinski definition) is 1. The number of sulfone groups is 1. The third kappa shape index (κ3) is 4.65. The van der Waals surface area contributed by atoms with Gasteiger partial charge in [0, 0.05) is 30.3 Å². The standard InChI is InChI=1S/C23H27ClN2O4S/c24-19-6-8-21(9-7-19)31(28,29)23(10-1-2-11-23)22(27)25-20-5-3-4-18(16-20)17-26-12-14-30-15-13-26/h3-9,16H,1-2,10-15,17H2,(H,25,27). The van der Waals surface area contributed by atoms with Gasteiger partial charge in [0.05, 0.1) is 18.1 Å². The molecular weight excluding hydrogens is 436 g/mol. The fourth-order valence-electron chi connectivity index (χ4n) is 4.41. The second kappa shape index (κ2) is 9.28. The minimum Gasteiger partial charge on any atom is -0.379 e. The summed E-state index contributed by atoms with van der Waals surface area (Å²) < 4.78 is 30.9. The highest BCUT2D eigenvalue weighted by Gasteiger charge is 2.52. The van der Waals surface area contributed by atoms with Crippen LogP contribution in [-0.2, 0) is 25.9 Å². The third-order valence-corrected chi connectivity index (χ3v) is 8.93. The minimum atomic E-state index is -3.86. The summed E-state index contributed by atoms with van der Waals surface area (Å²) in [4.78, 5) is 15.8. The zero-order chi connectivity index (χ0) is 21.9. The smallest absolute Gasteiger partial charge is 0.246 e. The van der Waals surface area contributed by atoms with Gasteiger partial charge in [0.1, 0.15) is 0 Å². The van der Waals surface area contributed by atoms with Crippen LogP contribution in [0.2, 0.25) is 5.02 Å². The van der Waals surface area contributed by atoms with Crippen molar-refractivity contribution in [1.29, 1.82) is 0 Å². The number of nitrogens with zero attached hydrogens (tertiary/aromatic N) is 1. The van der Waals surface area contributed by atoms with E-state index in [2.05, 4.69) is 10.2 Å². The maximum Gasteiger partial charge on any atom is 0.246 e. The number of anilines is 1. The summed E-state index contributed by atoms with van der Waals surface area (Å²) in [5.74, 6) is -0.455. The van der Waals surface area contributed by atoms with Crippen molar-refractivity contribution in [1.82, 2.24) is 4.90 Å². The molecule has 31 heavy (non-hydrogen) atoms. The molecule has 2 aromatic rings. The molecule has 0 radical (unpaired) electrons. The molecule has 6 nitrogen and oxygen atoms in total. The number of amides is 1. The number of ether oxygens (including phenoxy) is 1. The Labute approximate surface area is 188 Å². The van der Waals surface area contributed by atoms with Gasteiger partial charge in [-0.05, 0) is 54.8 Å². The highest BCUT2D eigenvalue weighted by atomic mass is 35.5. The molecule has 2 fully saturated rings. The molecule has 8 heteroatoms. The number of benzene rings is 2. The molecule has 2 aromatic carbocycles. The Bertz CT molecular complexity index is 1030. The zero-order valence-electron chi connectivity index (χ0n) is 17.3. The quantitative estimate of drug-likeness (QED) is 0.704. The molecule has 166 valence electrons. The van der Waals surface area contributed by atoms with Gasteiger partial charge in [-0.3, -0.25) is 9.69 Å². The number of halogens is 1. The van der Waals surface area contributed by atoms with Crippen molar-refractivity contribution < 1.29 is 17.9 Å². The van der Waals surface area contributed by atoms with E-state index in [0.717, 1.165) is 38.4 Å². The van der Waals surface area contributed by atoms with Crippen LogP contribution in [0.5, 0.6) is 0 Å². The Morgan fingerprint density at radius 3 is 2.42 bits per heavy atom. The monoisotopic (exact) mass is 462 g/mol. The predicted octanol–water partition coefficient (Wildman–Crippen LogP) is 3.90. The van der Waals surface area contributed by atoms with E-state index in [4.69, 9.17) is 16.3 Å². The maximum absolute atomic E-state index is 13.5. The van der Waals surface area contributed by atoms with Gasteiger partial charge in [0.2, 0.25) is 5.91 Å². The normalized spacial score (nSPS) is 19.3. The van der Waals surface area contributed by atoms with Crippen LogP contribution in [-0.4, -0.2) is 50.3 Å². The first-order chi connectivity index (χ1) is 14.9. The van der Waals surface area contributed by atoms with Crippen LogP contribution in [0.4, 0.5) is 5.69 Å². The average Bonchev–Trinajstić information content (AvgIpc) is 3.27. The SMILES string of the molecule is O=C(Nc1cccc(CN2CCOCC2)c1)C1(S(=O)(=O)c2ccc(Cl)cc2)CCCC1. The molecule has 1 N–H and O–H groups in total. The maximum atomic E-state index is 13.5. The summed E-state index contributed by atoms with van der Waals surface area (Å²) in [5, 5.41) is 3.36. The van der Waals surface area contributed by atoms with E-state index in [0.29, 0.717) is 36.4 Å². The number of hydrogen-bond acceptors (Lipinski definition) is 5. The van der Waals surface area contributed by atoms with E-state index in [1.165, 1.54) is 12.1 Å². The molecule has 4 rings (SSSR count). The summed E-state index contributed by atoms with van der Waals surface area (Å²) in [6.45, 7) is 3.96. The Hall–Kier alpha value is -1.93. The summed E-state index contributed by atoms with van der Waals surface area (Å²) in [6.07, 6.45) is 2.04. The molecule has 1 amide bonds. The number of nitrogens with one attached hydrogen (secondary N) is 1. The highest BCUT2D eigenvalue weighted by molar-refractivity contribution is 7.93. The number of carbonyl (C=O) groups excluding carboxylic acids is 1. The van der Waals surface area contributed by atoms with Crippen molar-refractivity contribution in [2.24, 2.45) is 0 Å². The molecule has 0 bridgehead atoms. The van der Waals surface area contributed by atoms with Gasteiger partial charge in [-0.1, -0.05) is 36.6 Å². The first-order valence-corrected chi connectivity index (χ1v) is 12.5. The zero-order valence-corrected chi connectivity index (χ0v) is 18.9. The van der Waals surface area contributed by atoms with Crippen molar-refractivity contribution in [3.8, 4) is 0 Å². The summed E-state index contributed by atoms with van der Waals surface area (Å²) in [7, 11) is -3.86. The summed E-state index contributed by atoms with van der Waals surface area (Å²) in [6, 6.07) is 13.7. The van der Waals surface area contributed by atoms with Gasteiger partial charge in [-0.2, -0.15) is 0 Å². The van der Waals surface area contributed by atoms with Crippen molar-refractivity contribution in [3.63, 3.8) is 0 Å². The van der Waals surface area contributed by atoms with Gasteiger partial charge in [-0.15, -0.1) is 0 Å². The number of morpholine rings is 1. The van der Waals surface area contributed by atoms with Crippen LogP contribution < -0.4 is 5.32 Å². The topological polar surface area (TPSA) is 75.7 Å². The van der Waals surface area contributed by atoms with Crippen LogP contribution in [0.3, 0.4) is 0 Å². The first-order valence-electron chi connectivity index (χ1n) is 10.6. The molecule has 1 saturated heterocycles. The fourth-order valence-corrected chi connectivity index (χ4v) is 6.61. The lowest BCUT2D eigenvalue weighted by Crippen LogP contribution is -2.47. The molecule has 1 heterocycles. The first kappa shape index (κ1) is 22.3. The number of rotatable bonds is 6. The van der Waals surface area contributed by atoms with Crippen LogP contribution in [0, 0.1) is 0 Å². The van der Waals surface area contributed by atoms with Gasteiger partial charge in [0.15, 0.2) is 14.6 Å². The lowest BCUT2D eigenvalue weighted by atomic mass is 10.1. The Balaban J connectivity index is 1.55. The van der Waals surface area contributed by atoms with Gasteiger partial charge >= 0.3 is 0 Å². The van der Waals surface area contributed by atoms with Crippen molar-refractivity contribution in [3.05, 3.63) is 59.1 Å². The summed E-state index contributed by atoms with van der Waals surface area (Å²) in [5.41, 5.74) is 1.69. The second-order valence-electron chi connectivity index (χ2n) is 8.20. The second-order valence-corrected chi connectivity index (χ2v) is 10.9. The molecular formula is C23H27ClN2O4S. The molecule has 0 spiro atoms. The van der Waals surface area contributed by atoms with Crippen LogP contribution in [0.25, 0.3) is 0 Å². The van der Waals surface area contributed by atoms with Crippen LogP contribution in [0.1, 0.15) is 31.2 Å². The fraction of sp³-hybridized carbons (Fsp3) is 0.435. The lowest BCUT2D eigenvalue weighted by Gasteiger charge is -2.28. The highest BCUT2D eigenvalue weighted by Crippen LogP contribution is 2.41. The Morgan fingerprint density at radius 2 is 1.74 bits per heavy atom. The van der Waals surface area contributed by atoms with E-state index in [1.807, 2.05) is 18.2 Å². The van der Waals surface area contributed by atoms with Gasteiger partial charge in [-0.25, -0.2) is 8.42 Å². The molecule has 1 aliphatic carbocycles. The molecule has 0 unspecified atom stereocenters. The van der Waals surface area contributed by atoms with Crippen LogP contribution in [0.15, 0.2) is 53.4 Å². The van der Waals surface area contributed by atoms with Gasteiger partial charge in [0.25, 0.3) is 0 Å². The largest absolute Gasteiger partial charge is 0.379 e. The van der Waals surface area contributed by atoms with Crippen LogP contribution >= 0.6 is 11.6 Å². The third-order valence-electron chi connectivity index (χ3n) is 6.16. The van der Waals surface area contributed by atoms with Crippen molar-refractivity contribution in [2.45, 2.75) is 41.9 Å². The van der Waals surface area contributed by atoms with E-state index >= 15 is 0 Å². The molecule has 1 saturated carbocycles. The molecule has 1 aliphatic heterocycles. The van der Waals surface area contributed by atoms with E-state index in [1.54, 1.807) is 18.2 Å². The molecule has 2 aliphatic rings. The Morgan fingerprint density at radius 1 is 1.06 bits per heavy atom. The average molecular weight is 463 g/mol. The Kier molecular flexibility index (Phi) is 6.67. The predicted molar refractivity (Wildman–Crippen MR) is 121 cm³/mol. The van der Waals surface area contributed by atoms with E-state index in [-0.39, 0.29) is 4.90 Å². The van der Waals surface area contributed by atoms with E-state index < -0.39 is 20.5 Å². The number of carbonyl (C=O) groups is 1. The van der Waals surface area contributed by atoms with E-state index in [9.17, 15) is 13.2 Å². The van der Waals surface area contributed by atoms with Gasteiger partial charge < -0.3 is 10.1 Å².